The number of ether oxygens (including phenoxy) is 1. The van der Waals surface area contributed by atoms with Gasteiger partial charge in [0.1, 0.15) is 0 Å². The molecule has 5 heteroatoms. The number of carbonyl (C=O) groups is 1. The lowest BCUT2D eigenvalue weighted by molar-refractivity contribution is -0.119. The Bertz CT molecular complexity index is 243. The first-order valence-electron chi connectivity index (χ1n) is 6.81. The Labute approximate surface area is 115 Å². The van der Waals surface area contributed by atoms with Crippen LogP contribution in [0.25, 0.3) is 0 Å². The topological polar surface area (TPSA) is 50.4 Å². The van der Waals surface area contributed by atoms with E-state index in [9.17, 15) is 4.79 Å². The average Bonchev–Trinajstić information content (AvgIpc) is 2.80. The van der Waals surface area contributed by atoms with Gasteiger partial charge in [-0.2, -0.15) is 11.8 Å². The maximum Gasteiger partial charge on any atom is 0.230 e. The quantitative estimate of drug-likeness (QED) is 0.699. The van der Waals surface area contributed by atoms with Crippen LogP contribution >= 0.6 is 11.8 Å². The first kappa shape index (κ1) is 15.8. The summed E-state index contributed by atoms with van der Waals surface area (Å²) < 4.78 is 5.44. The maximum atomic E-state index is 11.5. The van der Waals surface area contributed by atoms with Gasteiger partial charge in [0, 0.05) is 30.4 Å². The smallest absolute Gasteiger partial charge is 0.230 e. The minimum atomic E-state index is 0.132. The summed E-state index contributed by atoms with van der Waals surface area (Å²) in [5, 5.41) is 6.42. The second kappa shape index (κ2) is 8.77. The number of rotatable bonds is 8. The van der Waals surface area contributed by atoms with Gasteiger partial charge in [-0.25, -0.2) is 0 Å². The van der Waals surface area contributed by atoms with E-state index in [4.69, 9.17) is 4.74 Å². The lowest BCUT2D eigenvalue weighted by Gasteiger charge is -2.22. The Kier molecular flexibility index (Phi) is 7.70. The molecule has 2 unspecified atom stereocenters. The molecule has 2 atom stereocenters. The van der Waals surface area contributed by atoms with Crippen molar-refractivity contribution in [1.29, 1.82) is 0 Å². The number of amides is 1. The lowest BCUT2D eigenvalue weighted by atomic mass is 10.0. The van der Waals surface area contributed by atoms with Crippen molar-refractivity contribution < 1.29 is 9.53 Å². The molecule has 0 bridgehead atoms. The maximum absolute atomic E-state index is 11.5. The number of thioether (sulfide) groups is 1. The normalized spacial score (nSPS) is 21.2. The summed E-state index contributed by atoms with van der Waals surface area (Å²) in [6.45, 7) is 8.81. The van der Waals surface area contributed by atoms with Crippen molar-refractivity contribution in [1.82, 2.24) is 10.6 Å². The molecule has 1 heterocycles. The number of hydrogen-bond donors (Lipinski definition) is 2. The minimum absolute atomic E-state index is 0.132. The van der Waals surface area contributed by atoms with Crippen LogP contribution in [0.2, 0.25) is 0 Å². The molecule has 0 aromatic carbocycles. The fourth-order valence-corrected chi connectivity index (χ4v) is 3.17. The van der Waals surface area contributed by atoms with E-state index in [-0.39, 0.29) is 11.9 Å². The standard InChI is InChI=1S/C13H26N2O2S/c1-4-14-12(11-5-6-17-7-11)8-18-9-13(16)15-10(2)3/h10-12,14H,4-9H2,1-3H3,(H,15,16). The van der Waals surface area contributed by atoms with Gasteiger partial charge in [-0.15, -0.1) is 0 Å². The van der Waals surface area contributed by atoms with Gasteiger partial charge in [-0.1, -0.05) is 6.92 Å². The highest BCUT2D eigenvalue weighted by Crippen LogP contribution is 2.19. The van der Waals surface area contributed by atoms with Crippen LogP contribution < -0.4 is 10.6 Å². The Balaban J connectivity index is 2.22. The third kappa shape index (κ3) is 6.07. The number of hydrogen-bond acceptors (Lipinski definition) is 4. The van der Waals surface area contributed by atoms with Gasteiger partial charge in [0.2, 0.25) is 5.91 Å². The SMILES string of the molecule is CCNC(CSCC(=O)NC(C)C)C1CCOC1. The van der Waals surface area contributed by atoms with Crippen LogP contribution in [0, 0.1) is 5.92 Å². The molecule has 0 aromatic rings. The zero-order valence-corrected chi connectivity index (χ0v) is 12.5. The first-order chi connectivity index (χ1) is 8.63. The molecular formula is C13H26N2O2S. The fourth-order valence-electron chi connectivity index (χ4n) is 2.14. The van der Waals surface area contributed by atoms with E-state index in [0.29, 0.717) is 17.7 Å². The molecule has 1 fully saturated rings. The Morgan fingerprint density at radius 3 is 2.83 bits per heavy atom. The van der Waals surface area contributed by atoms with Crippen LogP contribution in [-0.4, -0.2) is 49.3 Å². The van der Waals surface area contributed by atoms with Crippen LogP contribution in [0.3, 0.4) is 0 Å². The molecule has 1 saturated heterocycles. The van der Waals surface area contributed by atoms with E-state index in [1.54, 1.807) is 11.8 Å². The van der Waals surface area contributed by atoms with Gasteiger partial charge in [0.05, 0.1) is 12.4 Å². The molecule has 0 radical (unpaired) electrons. The van der Waals surface area contributed by atoms with E-state index >= 15 is 0 Å². The number of nitrogens with one attached hydrogen (secondary N) is 2. The van der Waals surface area contributed by atoms with Gasteiger partial charge >= 0.3 is 0 Å². The van der Waals surface area contributed by atoms with Crippen LogP contribution in [-0.2, 0) is 9.53 Å². The summed E-state index contributed by atoms with van der Waals surface area (Å²) in [5.41, 5.74) is 0. The monoisotopic (exact) mass is 274 g/mol. The summed E-state index contributed by atoms with van der Waals surface area (Å²) in [6, 6.07) is 0.695. The zero-order valence-electron chi connectivity index (χ0n) is 11.7. The highest BCUT2D eigenvalue weighted by atomic mass is 32.2. The third-order valence-electron chi connectivity index (χ3n) is 2.98. The molecule has 4 nitrogen and oxygen atoms in total. The molecule has 2 N–H and O–H groups in total. The van der Waals surface area contributed by atoms with Gasteiger partial charge in [-0.3, -0.25) is 4.79 Å². The van der Waals surface area contributed by atoms with Crippen LogP contribution in [0.15, 0.2) is 0 Å². The third-order valence-corrected chi connectivity index (χ3v) is 4.04. The largest absolute Gasteiger partial charge is 0.381 e. The summed E-state index contributed by atoms with van der Waals surface area (Å²) in [7, 11) is 0. The summed E-state index contributed by atoms with van der Waals surface area (Å²) in [5.74, 6) is 2.26. The van der Waals surface area contributed by atoms with Gasteiger partial charge in [0.25, 0.3) is 0 Å². The molecule has 1 rings (SSSR count). The summed E-state index contributed by atoms with van der Waals surface area (Å²) >= 11 is 1.71. The van der Waals surface area contributed by atoms with E-state index in [1.165, 1.54) is 0 Å². The Morgan fingerprint density at radius 1 is 1.50 bits per heavy atom. The van der Waals surface area contributed by atoms with Crippen molar-refractivity contribution in [3.05, 3.63) is 0 Å². The molecule has 1 aliphatic rings. The minimum Gasteiger partial charge on any atom is -0.381 e. The zero-order chi connectivity index (χ0) is 13.4. The highest BCUT2D eigenvalue weighted by molar-refractivity contribution is 8.00. The average molecular weight is 274 g/mol. The number of carbonyl (C=O) groups excluding carboxylic acids is 1. The van der Waals surface area contributed by atoms with Crippen LogP contribution in [0.4, 0.5) is 0 Å². The van der Waals surface area contributed by atoms with Gasteiger partial charge in [-0.05, 0) is 26.8 Å². The molecule has 0 aromatic heterocycles. The predicted octanol–water partition coefficient (Wildman–Crippen LogP) is 1.26. The Morgan fingerprint density at radius 2 is 2.28 bits per heavy atom. The summed E-state index contributed by atoms with van der Waals surface area (Å²) in [4.78, 5) is 11.5. The van der Waals surface area contributed by atoms with E-state index in [0.717, 1.165) is 31.9 Å². The van der Waals surface area contributed by atoms with E-state index in [1.807, 2.05) is 13.8 Å². The second-order valence-corrected chi connectivity index (χ2v) is 6.06. The Hall–Kier alpha value is -0.260. The highest BCUT2D eigenvalue weighted by Gasteiger charge is 2.25. The van der Waals surface area contributed by atoms with Crippen molar-refractivity contribution in [2.45, 2.75) is 39.3 Å². The van der Waals surface area contributed by atoms with E-state index in [2.05, 4.69) is 17.6 Å². The summed E-state index contributed by atoms with van der Waals surface area (Å²) in [6.07, 6.45) is 1.14. The molecule has 18 heavy (non-hydrogen) atoms. The molecular weight excluding hydrogens is 248 g/mol. The second-order valence-electron chi connectivity index (χ2n) is 5.03. The molecule has 106 valence electrons. The van der Waals surface area contributed by atoms with Crippen molar-refractivity contribution in [3.63, 3.8) is 0 Å². The molecule has 0 saturated carbocycles. The van der Waals surface area contributed by atoms with Crippen molar-refractivity contribution >= 4 is 17.7 Å². The molecule has 0 aliphatic carbocycles. The van der Waals surface area contributed by atoms with Crippen LogP contribution in [0.1, 0.15) is 27.2 Å². The van der Waals surface area contributed by atoms with Gasteiger partial charge in [0.15, 0.2) is 0 Å². The first-order valence-corrected chi connectivity index (χ1v) is 7.97. The van der Waals surface area contributed by atoms with Crippen molar-refractivity contribution in [2.24, 2.45) is 5.92 Å². The predicted molar refractivity (Wildman–Crippen MR) is 77.0 cm³/mol. The van der Waals surface area contributed by atoms with Gasteiger partial charge < -0.3 is 15.4 Å². The lowest BCUT2D eigenvalue weighted by Crippen LogP contribution is -2.39. The van der Waals surface area contributed by atoms with E-state index < -0.39 is 0 Å². The molecule has 0 spiro atoms. The van der Waals surface area contributed by atoms with Crippen molar-refractivity contribution in [3.8, 4) is 0 Å². The van der Waals surface area contributed by atoms with Crippen molar-refractivity contribution in [2.75, 3.05) is 31.3 Å². The van der Waals surface area contributed by atoms with Crippen LogP contribution in [0.5, 0.6) is 0 Å². The fraction of sp³-hybridized carbons (Fsp3) is 0.923. The molecule has 1 aliphatic heterocycles. The molecule has 1 amide bonds.